The molecule has 0 aliphatic carbocycles. The topological polar surface area (TPSA) is 34.4 Å². The van der Waals surface area contributed by atoms with E-state index in [0.29, 0.717) is 16.4 Å². The molecule has 0 saturated carbocycles. The number of aldehydes is 1. The number of aromatic nitrogens is 2. The zero-order chi connectivity index (χ0) is 10.1. The SMILES string of the molecule is CCc1c(C=O)nc2c(Cl)cccn12. The minimum atomic E-state index is 0.473. The smallest absolute Gasteiger partial charge is 0.170 e. The van der Waals surface area contributed by atoms with Gasteiger partial charge in [0.05, 0.1) is 10.7 Å². The second-order valence-electron chi connectivity index (χ2n) is 2.96. The number of halogens is 1. The lowest BCUT2D eigenvalue weighted by molar-refractivity contribution is 0.111. The van der Waals surface area contributed by atoms with Crippen LogP contribution in [0.1, 0.15) is 23.1 Å². The molecule has 2 rings (SSSR count). The monoisotopic (exact) mass is 208 g/mol. The lowest BCUT2D eigenvalue weighted by atomic mass is 10.3. The van der Waals surface area contributed by atoms with E-state index in [-0.39, 0.29) is 0 Å². The third kappa shape index (κ3) is 1.21. The maximum absolute atomic E-state index is 10.7. The maximum atomic E-state index is 10.7. The molecule has 72 valence electrons. The van der Waals surface area contributed by atoms with Crippen LogP contribution in [0.25, 0.3) is 5.65 Å². The molecule has 3 nitrogen and oxygen atoms in total. The van der Waals surface area contributed by atoms with Crippen molar-refractivity contribution >= 4 is 23.5 Å². The predicted molar refractivity (Wildman–Crippen MR) is 55.0 cm³/mol. The molecule has 0 unspecified atom stereocenters. The first kappa shape index (κ1) is 9.21. The van der Waals surface area contributed by atoms with Gasteiger partial charge in [-0.1, -0.05) is 18.5 Å². The number of aryl methyl sites for hydroxylation is 1. The molecule has 0 N–H and O–H groups in total. The van der Waals surface area contributed by atoms with Gasteiger partial charge in [0.15, 0.2) is 11.9 Å². The Morgan fingerprint density at radius 3 is 3.07 bits per heavy atom. The third-order valence-corrected chi connectivity index (χ3v) is 2.47. The molecule has 2 aromatic heterocycles. The highest BCUT2D eigenvalue weighted by atomic mass is 35.5. The van der Waals surface area contributed by atoms with E-state index in [1.54, 1.807) is 6.07 Å². The summed E-state index contributed by atoms with van der Waals surface area (Å²) in [6, 6.07) is 3.60. The number of carbonyl (C=O) groups is 1. The Hall–Kier alpha value is -1.35. The fraction of sp³-hybridized carbons (Fsp3) is 0.200. The molecule has 4 heteroatoms. The highest BCUT2D eigenvalue weighted by Crippen LogP contribution is 2.19. The lowest BCUT2D eigenvalue weighted by Gasteiger charge is -1.98. The number of carbonyl (C=O) groups excluding carboxylic acids is 1. The quantitative estimate of drug-likeness (QED) is 0.711. The van der Waals surface area contributed by atoms with Crippen molar-refractivity contribution in [1.29, 1.82) is 0 Å². The number of nitrogens with zero attached hydrogens (tertiary/aromatic N) is 2. The lowest BCUT2D eigenvalue weighted by Crippen LogP contribution is -1.93. The summed E-state index contributed by atoms with van der Waals surface area (Å²) in [5, 5.41) is 0.565. The van der Waals surface area contributed by atoms with Crippen LogP contribution in [0.3, 0.4) is 0 Å². The average molecular weight is 209 g/mol. The summed E-state index contributed by atoms with van der Waals surface area (Å²) in [4.78, 5) is 14.9. The summed E-state index contributed by atoms with van der Waals surface area (Å²) in [5.74, 6) is 0. The molecular formula is C10H9ClN2O. The summed E-state index contributed by atoms with van der Waals surface area (Å²) >= 11 is 5.96. The third-order valence-electron chi connectivity index (χ3n) is 2.18. The van der Waals surface area contributed by atoms with Crippen molar-refractivity contribution in [3.8, 4) is 0 Å². The second-order valence-corrected chi connectivity index (χ2v) is 3.37. The Labute approximate surface area is 86.3 Å². The molecule has 0 fully saturated rings. The van der Waals surface area contributed by atoms with Gasteiger partial charge in [0.2, 0.25) is 0 Å². The van der Waals surface area contributed by atoms with Crippen molar-refractivity contribution in [2.24, 2.45) is 0 Å². The van der Waals surface area contributed by atoms with Crippen LogP contribution in [0.2, 0.25) is 5.02 Å². The van der Waals surface area contributed by atoms with Crippen LogP contribution >= 0.6 is 11.6 Å². The Morgan fingerprint density at radius 1 is 1.64 bits per heavy atom. The minimum Gasteiger partial charge on any atom is -0.302 e. The van der Waals surface area contributed by atoms with Crippen LogP contribution < -0.4 is 0 Å². The van der Waals surface area contributed by atoms with Crippen LogP contribution in [0.5, 0.6) is 0 Å². The van der Waals surface area contributed by atoms with Crippen LogP contribution in [0.4, 0.5) is 0 Å². The maximum Gasteiger partial charge on any atom is 0.170 e. The zero-order valence-electron chi connectivity index (χ0n) is 7.70. The predicted octanol–water partition coefficient (Wildman–Crippen LogP) is 2.36. The molecule has 14 heavy (non-hydrogen) atoms. The van der Waals surface area contributed by atoms with Gasteiger partial charge in [-0.3, -0.25) is 4.79 Å². The van der Waals surface area contributed by atoms with Crippen LogP contribution in [-0.2, 0) is 6.42 Å². The fourth-order valence-corrected chi connectivity index (χ4v) is 1.75. The molecule has 0 aliphatic rings. The van der Waals surface area contributed by atoms with Crippen LogP contribution in [0, 0.1) is 0 Å². The average Bonchev–Trinajstić information content (AvgIpc) is 2.57. The Kier molecular flexibility index (Phi) is 2.25. The fourth-order valence-electron chi connectivity index (χ4n) is 1.55. The van der Waals surface area contributed by atoms with E-state index in [4.69, 9.17) is 11.6 Å². The van der Waals surface area contributed by atoms with Gasteiger partial charge in [-0.05, 0) is 18.6 Å². The summed E-state index contributed by atoms with van der Waals surface area (Å²) in [6.07, 6.45) is 3.39. The van der Waals surface area contributed by atoms with E-state index >= 15 is 0 Å². The molecule has 0 spiro atoms. The first-order valence-electron chi connectivity index (χ1n) is 4.38. The van der Waals surface area contributed by atoms with Gasteiger partial charge in [0.25, 0.3) is 0 Å². The van der Waals surface area contributed by atoms with E-state index in [2.05, 4.69) is 4.98 Å². The molecule has 0 amide bonds. The van der Waals surface area contributed by atoms with Gasteiger partial charge < -0.3 is 4.40 Å². The molecule has 0 saturated heterocycles. The molecule has 0 aromatic carbocycles. The Balaban J connectivity index is 2.86. The number of rotatable bonds is 2. The number of imidazole rings is 1. The van der Waals surface area contributed by atoms with E-state index in [1.807, 2.05) is 23.6 Å². The van der Waals surface area contributed by atoms with Crippen molar-refractivity contribution in [1.82, 2.24) is 9.38 Å². The molecule has 0 bridgehead atoms. The molecule has 0 radical (unpaired) electrons. The first-order valence-corrected chi connectivity index (χ1v) is 4.76. The summed E-state index contributed by atoms with van der Waals surface area (Å²) in [7, 11) is 0. The van der Waals surface area contributed by atoms with Crippen molar-refractivity contribution in [2.75, 3.05) is 0 Å². The number of fused-ring (bicyclic) bond motifs is 1. The molecule has 2 heterocycles. The number of hydrogen-bond acceptors (Lipinski definition) is 2. The van der Waals surface area contributed by atoms with Crippen molar-refractivity contribution < 1.29 is 4.79 Å². The highest BCUT2D eigenvalue weighted by molar-refractivity contribution is 6.33. The van der Waals surface area contributed by atoms with E-state index in [0.717, 1.165) is 18.4 Å². The Morgan fingerprint density at radius 2 is 2.43 bits per heavy atom. The molecule has 2 aromatic rings. The minimum absolute atomic E-state index is 0.473. The molecule has 0 aliphatic heterocycles. The van der Waals surface area contributed by atoms with Gasteiger partial charge in [-0.25, -0.2) is 4.98 Å². The van der Waals surface area contributed by atoms with Gasteiger partial charge in [-0.15, -0.1) is 0 Å². The van der Waals surface area contributed by atoms with E-state index < -0.39 is 0 Å². The number of pyridine rings is 1. The van der Waals surface area contributed by atoms with Gasteiger partial charge in [0.1, 0.15) is 5.69 Å². The summed E-state index contributed by atoms with van der Waals surface area (Å²) in [5.41, 5.74) is 2.02. The molecular weight excluding hydrogens is 200 g/mol. The molecule has 0 atom stereocenters. The standard InChI is InChI=1S/C10H9ClN2O/c1-2-9-8(6-14)12-10-7(11)4-3-5-13(9)10/h3-6H,2H2,1H3. The van der Waals surface area contributed by atoms with Gasteiger partial charge in [0, 0.05) is 6.20 Å². The second kappa shape index (κ2) is 3.42. The summed E-state index contributed by atoms with van der Waals surface area (Å²) < 4.78 is 1.85. The van der Waals surface area contributed by atoms with Gasteiger partial charge in [-0.2, -0.15) is 0 Å². The number of hydrogen-bond donors (Lipinski definition) is 0. The zero-order valence-corrected chi connectivity index (χ0v) is 8.45. The van der Waals surface area contributed by atoms with Crippen molar-refractivity contribution in [3.05, 3.63) is 34.7 Å². The van der Waals surface area contributed by atoms with E-state index in [9.17, 15) is 4.79 Å². The Bertz CT molecular complexity index is 490. The first-order chi connectivity index (χ1) is 6.77. The normalized spacial score (nSPS) is 10.7. The largest absolute Gasteiger partial charge is 0.302 e. The highest BCUT2D eigenvalue weighted by Gasteiger charge is 2.10. The van der Waals surface area contributed by atoms with Crippen molar-refractivity contribution in [3.63, 3.8) is 0 Å². The van der Waals surface area contributed by atoms with Crippen molar-refractivity contribution in [2.45, 2.75) is 13.3 Å². The summed E-state index contributed by atoms with van der Waals surface area (Å²) in [6.45, 7) is 1.98. The van der Waals surface area contributed by atoms with Gasteiger partial charge >= 0.3 is 0 Å². The van der Waals surface area contributed by atoms with Crippen LogP contribution in [-0.4, -0.2) is 15.7 Å². The van der Waals surface area contributed by atoms with E-state index in [1.165, 1.54) is 0 Å². The van der Waals surface area contributed by atoms with Crippen LogP contribution in [0.15, 0.2) is 18.3 Å².